The molecule has 7 nitrogen and oxygen atoms in total. The number of ether oxygens (including phenoxy) is 1. The topological polar surface area (TPSA) is 89.3 Å². The highest BCUT2D eigenvalue weighted by molar-refractivity contribution is 5.90. The zero-order chi connectivity index (χ0) is 16.4. The minimum absolute atomic E-state index is 0.183. The fourth-order valence-electron chi connectivity index (χ4n) is 2.38. The number of pyridine rings is 1. The molecular weight excluding hydrogens is 296 g/mol. The van der Waals surface area contributed by atoms with Crippen LogP contribution in [0, 0.1) is 6.92 Å². The number of nitrogens with one attached hydrogen (secondary N) is 1. The predicted molar refractivity (Wildman–Crippen MR) is 86.0 cm³/mol. The minimum Gasteiger partial charge on any atom is -0.497 e. The second-order valence-corrected chi connectivity index (χ2v) is 5.07. The van der Waals surface area contributed by atoms with Gasteiger partial charge in [-0.1, -0.05) is 12.1 Å². The molecule has 0 atom stereocenters. The monoisotopic (exact) mass is 312 g/mol. The Morgan fingerprint density at radius 1 is 1.26 bits per heavy atom. The van der Waals surface area contributed by atoms with Gasteiger partial charge in [-0.3, -0.25) is 4.79 Å². The molecule has 23 heavy (non-hydrogen) atoms. The Hall–Kier alpha value is -3.09. The molecule has 0 unspecified atom stereocenters. The number of nitrogens with zero attached hydrogens (tertiary/aromatic N) is 3. The number of methoxy groups -OCH3 is 1. The van der Waals surface area contributed by atoms with Crippen LogP contribution in [0.5, 0.6) is 5.75 Å². The molecule has 2 heterocycles. The molecule has 0 aliphatic heterocycles. The number of fused-ring (bicyclic) bond motifs is 1. The van der Waals surface area contributed by atoms with E-state index in [1.165, 1.54) is 12.4 Å². The number of anilines is 1. The van der Waals surface area contributed by atoms with E-state index < -0.39 is 5.56 Å². The maximum atomic E-state index is 11.9. The lowest BCUT2D eigenvalue weighted by Crippen LogP contribution is -2.20. The molecule has 1 aromatic carbocycles. The van der Waals surface area contributed by atoms with Crippen LogP contribution in [0.2, 0.25) is 0 Å². The molecule has 0 saturated carbocycles. The average molecular weight is 312 g/mol. The van der Waals surface area contributed by atoms with Gasteiger partial charge in [0.05, 0.1) is 23.9 Å². The molecule has 7 heteroatoms. The summed E-state index contributed by atoms with van der Waals surface area (Å²) in [6.07, 6.45) is 1.32. The van der Waals surface area contributed by atoms with Crippen molar-refractivity contribution in [2.24, 2.45) is 0 Å². The van der Waals surface area contributed by atoms with Crippen LogP contribution in [0.25, 0.3) is 11.0 Å². The highest BCUT2D eigenvalue weighted by atomic mass is 16.5. The van der Waals surface area contributed by atoms with Crippen molar-refractivity contribution in [2.75, 3.05) is 12.4 Å². The molecule has 0 aliphatic rings. The SMILES string of the molecule is COc1ccc(CNc2cc(=O)n(O)c3ncnc(C)c23)cc1. The summed E-state index contributed by atoms with van der Waals surface area (Å²) < 4.78 is 5.66. The largest absolute Gasteiger partial charge is 0.497 e. The first-order chi connectivity index (χ1) is 11.1. The molecule has 2 aromatic heterocycles. The number of hydrogen-bond donors (Lipinski definition) is 2. The molecule has 3 aromatic rings. The molecule has 0 amide bonds. The third-order valence-corrected chi connectivity index (χ3v) is 3.61. The minimum atomic E-state index is -0.548. The third-order valence-electron chi connectivity index (χ3n) is 3.61. The lowest BCUT2D eigenvalue weighted by atomic mass is 10.2. The van der Waals surface area contributed by atoms with Gasteiger partial charge in [0.25, 0.3) is 5.56 Å². The number of aryl methyl sites for hydroxylation is 1. The zero-order valence-electron chi connectivity index (χ0n) is 12.8. The van der Waals surface area contributed by atoms with Crippen LogP contribution >= 0.6 is 0 Å². The third kappa shape index (κ3) is 2.80. The van der Waals surface area contributed by atoms with Gasteiger partial charge in [0, 0.05) is 12.6 Å². The van der Waals surface area contributed by atoms with Crippen molar-refractivity contribution in [3.63, 3.8) is 0 Å². The first-order valence-electron chi connectivity index (χ1n) is 7.03. The molecule has 0 radical (unpaired) electrons. The number of aromatic nitrogens is 3. The number of benzene rings is 1. The Kier molecular flexibility index (Phi) is 3.84. The second-order valence-electron chi connectivity index (χ2n) is 5.07. The van der Waals surface area contributed by atoms with Gasteiger partial charge < -0.3 is 15.3 Å². The Morgan fingerprint density at radius 2 is 2.00 bits per heavy atom. The zero-order valence-corrected chi connectivity index (χ0v) is 12.8. The molecule has 118 valence electrons. The number of hydrogen-bond acceptors (Lipinski definition) is 6. The smallest absolute Gasteiger partial charge is 0.286 e. The first kappa shape index (κ1) is 14.8. The summed E-state index contributed by atoms with van der Waals surface area (Å²) in [5, 5.41) is 13.6. The van der Waals surface area contributed by atoms with Crippen molar-refractivity contribution in [1.29, 1.82) is 0 Å². The van der Waals surface area contributed by atoms with E-state index in [4.69, 9.17) is 4.74 Å². The van der Waals surface area contributed by atoms with E-state index in [0.29, 0.717) is 28.0 Å². The van der Waals surface area contributed by atoms with Gasteiger partial charge in [-0.05, 0) is 24.6 Å². The molecule has 0 spiro atoms. The summed E-state index contributed by atoms with van der Waals surface area (Å²) in [6, 6.07) is 8.95. The van der Waals surface area contributed by atoms with Gasteiger partial charge >= 0.3 is 0 Å². The standard InChI is InChI=1S/C16H16N4O3/c1-10-15-13(7-14(21)20(22)16(15)19-9-18-10)17-8-11-3-5-12(23-2)6-4-11/h3-7,9,17,22H,8H2,1-2H3. The maximum Gasteiger partial charge on any atom is 0.286 e. The summed E-state index contributed by atoms with van der Waals surface area (Å²) in [5.74, 6) is 0.784. The highest BCUT2D eigenvalue weighted by Crippen LogP contribution is 2.22. The lowest BCUT2D eigenvalue weighted by molar-refractivity contribution is 0.186. The molecule has 0 saturated heterocycles. The average Bonchev–Trinajstić information content (AvgIpc) is 2.57. The van der Waals surface area contributed by atoms with Crippen molar-refractivity contribution in [3.05, 3.63) is 58.3 Å². The van der Waals surface area contributed by atoms with Crippen LogP contribution < -0.4 is 15.6 Å². The molecule has 0 aliphatic carbocycles. The Bertz CT molecular complexity index is 904. The van der Waals surface area contributed by atoms with Crippen molar-refractivity contribution < 1.29 is 9.94 Å². The Labute approximate surface area is 132 Å². The first-order valence-corrected chi connectivity index (χ1v) is 7.03. The highest BCUT2D eigenvalue weighted by Gasteiger charge is 2.12. The van der Waals surface area contributed by atoms with Gasteiger partial charge in [-0.15, -0.1) is 4.73 Å². The van der Waals surface area contributed by atoms with Crippen LogP contribution in [-0.4, -0.2) is 27.0 Å². The number of rotatable bonds is 4. The van der Waals surface area contributed by atoms with E-state index >= 15 is 0 Å². The Morgan fingerprint density at radius 3 is 2.70 bits per heavy atom. The molecule has 0 bridgehead atoms. The second kappa shape index (κ2) is 5.96. The van der Waals surface area contributed by atoms with E-state index in [2.05, 4.69) is 15.3 Å². The summed E-state index contributed by atoms with van der Waals surface area (Å²) in [6.45, 7) is 2.31. The van der Waals surface area contributed by atoms with Gasteiger partial charge in [-0.25, -0.2) is 9.97 Å². The van der Waals surface area contributed by atoms with Crippen molar-refractivity contribution in [1.82, 2.24) is 14.7 Å². The van der Waals surface area contributed by atoms with Gasteiger partial charge in [0.1, 0.15) is 12.1 Å². The van der Waals surface area contributed by atoms with Gasteiger partial charge in [-0.2, -0.15) is 0 Å². The molecular formula is C16H16N4O3. The fraction of sp³-hybridized carbons (Fsp3) is 0.188. The quantitative estimate of drug-likeness (QED) is 0.716. The van der Waals surface area contributed by atoms with E-state index in [0.717, 1.165) is 11.3 Å². The van der Waals surface area contributed by atoms with E-state index in [9.17, 15) is 10.0 Å². The fourth-order valence-corrected chi connectivity index (χ4v) is 2.38. The lowest BCUT2D eigenvalue weighted by Gasteiger charge is -2.12. The maximum absolute atomic E-state index is 11.9. The van der Waals surface area contributed by atoms with Crippen molar-refractivity contribution >= 4 is 16.7 Å². The van der Waals surface area contributed by atoms with Crippen LogP contribution in [0.4, 0.5) is 5.69 Å². The van der Waals surface area contributed by atoms with Crippen molar-refractivity contribution in [2.45, 2.75) is 13.5 Å². The molecule has 0 fully saturated rings. The summed E-state index contributed by atoms with van der Waals surface area (Å²) >= 11 is 0. The Balaban J connectivity index is 1.96. The van der Waals surface area contributed by atoms with Crippen molar-refractivity contribution in [3.8, 4) is 5.75 Å². The van der Waals surface area contributed by atoms with Gasteiger partial charge in [0.2, 0.25) is 0 Å². The molecule has 2 N–H and O–H groups in total. The van der Waals surface area contributed by atoms with E-state index in [1.54, 1.807) is 14.0 Å². The van der Waals surface area contributed by atoms with Gasteiger partial charge in [0.15, 0.2) is 5.65 Å². The van der Waals surface area contributed by atoms with Crippen LogP contribution in [0.1, 0.15) is 11.3 Å². The van der Waals surface area contributed by atoms with Crippen LogP contribution in [0.3, 0.4) is 0 Å². The van der Waals surface area contributed by atoms with E-state index in [1.807, 2.05) is 24.3 Å². The van der Waals surface area contributed by atoms with Crippen LogP contribution in [-0.2, 0) is 6.54 Å². The summed E-state index contributed by atoms with van der Waals surface area (Å²) in [4.78, 5) is 20.0. The summed E-state index contributed by atoms with van der Waals surface area (Å²) in [7, 11) is 1.62. The normalized spacial score (nSPS) is 10.7. The predicted octanol–water partition coefficient (Wildman–Crippen LogP) is 1.96. The van der Waals surface area contributed by atoms with E-state index in [-0.39, 0.29) is 5.65 Å². The molecule has 3 rings (SSSR count). The van der Waals surface area contributed by atoms with Crippen LogP contribution in [0.15, 0.2) is 41.5 Å². The summed E-state index contributed by atoms with van der Waals surface area (Å²) in [5.41, 5.74) is 1.93.